The molecule has 0 spiro atoms. The number of aliphatic hydroxyl groups is 1. The van der Waals surface area contributed by atoms with Crippen LogP contribution in [0.5, 0.6) is 0 Å². The summed E-state index contributed by atoms with van der Waals surface area (Å²) in [5.74, 6) is 1.11. The first-order valence-corrected chi connectivity index (χ1v) is 8.85. The Hall–Kier alpha value is -2.46. The predicted octanol–water partition coefficient (Wildman–Crippen LogP) is 4.10. The molecular weight excluding hydrogens is 312 g/mol. The third-order valence-electron chi connectivity index (χ3n) is 4.41. The van der Waals surface area contributed by atoms with E-state index in [1.54, 1.807) is 6.92 Å². The lowest BCUT2D eigenvalue weighted by atomic mass is 10.1. The molecule has 3 rings (SSSR count). The van der Waals surface area contributed by atoms with E-state index in [0.717, 1.165) is 40.1 Å². The molecule has 3 aromatic rings. The Morgan fingerprint density at radius 1 is 1.16 bits per heavy atom. The molecule has 130 valence electrons. The van der Waals surface area contributed by atoms with E-state index in [9.17, 15) is 9.90 Å². The molecule has 1 heterocycles. The van der Waals surface area contributed by atoms with E-state index in [4.69, 9.17) is 4.98 Å². The number of fused-ring (bicyclic) bond motifs is 1. The summed E-state index contributed by atoms with van der Waals surface area (Å²) in [5, 5.41) is 9.53. The second kappa shape index (κ2) is 7.19. The van der Waals surface area contributed by atoms with Crippen LogP contribution in [0.25, 0.3) is 16.7 Å². The molecule has 0 amide bonds. The van der Waals surface area contributed by atoms with Gasteiger partial charge in [0.05, 0.1) is 17.1 Å². The number of carbonyl (C=O) groups is 1. The zero-order valence-electron chi connectivity index (χ0n) is 15.0. The molecule has 0 saturated carbocycles. The Kier molecular flexibility index (Phi) is 5.00. The van der Waals surface area contributed by atoms with Crippen LogP contribution in [0.3, 0.4) is 0 Å². The minimum Gasteiger partial charge on any atom is -0.393 e. The number of hydrogen-bond acceptors (Lipinski definition) is 3. The number of aliphatic hydroxyl groups excluding tert-OH is 1. The van der Waals surface area contributed by atoms with Crippen molar-refractivity contribution in [1.82, 2.24) is 9.55 Å². The summed E-state index contributed by atoms with van der Waals surface area (Å²) in [6.45, 7) is 5.75. The van der Waals surface area contributed by atoms with Gasteiger partial charge in [-0.3, -0.25) is 9.36 Å². The normalized spacial score (nSPS) is 12.5. The lowest BCUT2D eigenvalue weighted by Crippen LogP contribution is -2.05. The van der Waals surface area contributed by atoms with Crippen molar-refractivity contribution in [2.45, 2.75) is 46.1 Å². The van der Waals surface area contributed by atoms with Crippen LogP contribution in [0.1, 0.15) is 48.9 Å². The highest BCUT2D eigenvalue weighted by Gasteiger charge is 2.13. The largest absolute Gasteiger partial charge is 0.393 e. The summed E-state index contributed by atoms with van der Waals surface area (Å²) in [6.07, 6.45) is 1.60. The smallest absolute Gasteiger partial charge is 0.162 e. The van der Waals surface area contributed by atoms with Crippen LogP contribution in [-0.4, -0.2) is 26.5 Å². The third-order valence-corrected chi connectivity index (χ3v) is 4.41. The molecular formula is C21H24N2O2. The molecule has 0 saturated heterocycles. The van der Waals surface area contributed by atoms with Crippen LogP contribution in [0.15, 0.2) is 42.5 Å². The minimum absolute atomic E-state index is 0.136. The van der Waals surface area contributed by atoms with Crippen molar-refractivity contribution in [3.63, 3.8) is 0 Å². The maximum Gasteiger partial charge on any atom is 0.162 e. The van der Waals surface area contributed by atoms with Crippen molar-refractivity contribution in [1.29, 1.82) is 0 Å². The van der Waals surface area contributed by atoms with E-state index in [1.807, 2.05) is 37.3 Å². The molecule has 0 unspecified atom stereocenters. The van der Waals surface area contributed by atoms with Crippen molar-refractivity contribution in [2.75, 3.05) is 0 Å². The van der Waals surface area contributed by atoms with E-state index in [2.05, 4.69) is 23.6 Å². The van der Waals surface area contributed by atoms with Gasteiger partial charge < -0.3 is 5.11 Å². The molecule has 4 heteroatoms. The summed E-state index contributed by atoms with van der Waals surface area (Å²) in [6, 6.07) is 14.0. The van der Waals surface area contributed by atoms with Gasteiger partial charge >= 0.3 is 0 Å². The van der Waals surface area contributed by atoms with Crippen molar-refractivity contribution in [3.8, 4) is 5.69 Å². The molecule has 1 aromatic heterocycles. The summed E-state index contributed by atoms with van der Waals surface area (Å²) in [7, 11) is 0. The highest BCUT2D eigenvalue weighted by atomic mass is 16.3. The fraction of sp³-hybridized carbons (Fsp3) is 0.333. The summed E-state index contributed by atoms with van der Waals surface area (Å²) in [4.78, 5) is 16.7. The number of hydrogen-bond donors (Lipinski definition) is 1. The minimum atomic E-state index is -0.347. The Balaban J connectivity index is 2.07. The quantitative estimate of drug-likeness (QED) is 0.689. The fourth-order valence-corrected chi connectivity index (χ4v) is 3.16. The Bertz CT molecular complexity index is 892. The number of nitrogens with zero attached hydrogens (tertiary/aromatic N) is 2. The van der Waals surface area contributed by atoms with Crippen molar-refractivity contribution in [3.05, 3.63) is 59.4 Å². The number of Topliss-reactive ketones (excluding diaryl/α,β-unsaturated/α-hetero) is 1. The van der Waals surface area contributed by atoms with Crippen LogP contribution in [0.2, 0.25) is 0 Å². The molecule has 0 aliphatic rings. The molecule has 1 atom stereocenters. The maximum atomic E-state index is 12.0. The second-order valence-electron chi connectivity index (χ2n) is 6.42. The average molecular weight is 336 g/mol. The highest BCUT2D eigenvalue weighted by Crippen LogP contribution is 2.24. The Labute approximate surface area is 148 Å². The van der Waals surface area contributed by atoms with Crippen LogP contribution >= 0.6 is 0 Å². The number of aromatic nitrogens is 2. The molecule has 0 bridgehead atoms. The number of benzene rings is 2. The number of imidazole rings is 1. The number of ketones is 1. The molecule has 0 aliphatic heterocycles. The average Bonchev–Trinajstić information content (AvgIpc) is 2.99. The van der Waals surface area contributed by atoms with Gasteiger partial charge in [0.2, 0.25) is 0 Å². The standard InChI is InChI=1S/C21H24N2O2/c1-4-20(25)16-8-11-19-18(13-16)22-21(5-2)23(19)17-9-6-15(7-10-17)12-14(3)24/h6-11,13-14,24H,4-5,12H2,1-3H3/t14-/m0/s1. The number of aryl methyl sites for hydroxylation is 1. The number of rotatable bonds is 6. The Morgan fingerprint density at radius 3 is 2.48 bits per heavy atom. The SMILES string of the molecule is CCC(=O)c1ccc2c(c1)nc(CC)n2-c1ccc(C[C@H](C)O)cc1. The van der Waals surface area contributed by atoms with E-state index < -0.39 is 0 Å². The van der Waals surface area contributed by atoms with Gasteiger partial charge in [-0.15, -0.1) is 0 Å². The van der Waals surface area contributed by atoms with E-state index in [0.29, 0.717) is 12.8 Å². The third kappa shape index (κ3) is 3.49. The van der Waals surface area contributed by atoms with Crippen molar-refractivity contribution >= 4 is 16.8 Å². The summed E-state index contributed by atoms with van der Waals surface area (Å²) in [5.41, 5.74) is 4.73. The van der Waals surface area contributed by atoms with Gasteiger partial charge in [0.1, 0.15) is 5.82 Å². The molecule has 1 N–H and O–H groups in total. The lowest BCUT2D eigenvalue weighted by molar-refractivity contribution is 0.0988. The monoisotopic (exact) mass is 336 g/mol. The molecule has 0 radical (unpaired) electrons. The molecule has 25 heavy (non-hydrogen) atoms. The van der Waals surface area contributed by atoms with Crippen LogP contribution in [0.4, 0.5) is 0 Å². The van der Waals surface area contributed by atoms with Crippen molar-refractivity contribution in [2.24, 2.45) is 0 Å². The Morgan fingerprint density at radius 2 is 1.88 bits per heavy atom. The van der Waals surface area contributed by atoms with Crippen LogP contribution in [-0.2, 0) is 12.8 Å². The van der Waals surface area contributed by atoms with Gasteiger partial charge in [0.15, 0.2) is 5.78 Å². The van der Waals surface area contributed by atoms with Gasteiger partial charge in [0, 0.05) is 24.1 Å². The van der Waals surface area contributed by atoms with E-state index in [1.165, 1.54) is 0 Å². The van der Waals surface area contributed by atoms with Gasteiger partial charge in [-0.25, -0.2) is 4.98 Å². The lowest BCUT2D eigenvalue weighted by Gasteiger charge is -2.10. The first-order valence-electron chi connectivity index (χ1n) is 8.85. The molecule has 0 fully saturated rings. The molecule has 4 nitrogen and oxygen atoms in total. The summed E-state index contributed by atoms with van der Waals surface area (Å²) < 4.78 is 2.14. The number of carbonyl (C=O) groups excluding carboxylic acids is 1. The second-order valence-corrected chi connectivity index (χ2v) is 6.42. The fourth-order valence-electron chi connectivity index (χ4n) is 3.16. The van der Waals surface area contributed by atoms with Gasteiger partial charge in [-0.2, -0.15) is 0 Å². The van der Waals surface area contributed by atoms with Gasteiger partial charge in [-0.05, 0) is 49.2 Å². The van der Waals surface area contributed by atoms with Crippen LogP contribution in [0, 0.1) is 0 Å². The highest BCUT2D eigenvalue weighted by molar-refractivity contribution is 5.99. The zero-order valence-corrected chi connectivity index (χ0v) is 15.0. The van der Waals surface area contributed by atoms with Crippen molar-refractivity contribution < 1.29 is 9.90 Å². The summed E-state index contributed by atoms with van der Waals surface area (Å²) >= 11 is 0. The molecule has 2 aromatic carbocycles. The predicted molar refractivity (Wildman–Crippen MR) is 100 cm³/mol. The van der Waals surface area contributed by atoms with Crippen LogP contribution < -0.4 is 0 Å². The van der Waals surface area contributed by atoms with Gasteiger partial charge in [-0.1, -0.05) is 26.0 Å². The van der Waals surface area contributed by atoms with Gasteiger partial charge in [0.25, 0.3) is 0 Å². The molecule has 0 aliphatic carbocycles. The zero-order chi connectivity index (χ0) is 18.0. The first-order chi connectivity index (χ1) is 12.0. The van der Waals surface area contributed by atoms with E-state index >= 15 is 0 Å². The first kappa shape index (κ1) is 17.4. The van der Waals surface area contributed by atoms with E-state index in [-0.39, 0.29) is 11.9 Å². The topological polar surface area (TPSA) is 55.1 Å². The maximum absolute atomic E-state index is 12.0.